The van der Waals surface area contributed by atoms with Crippen molar-refractivity contribution in [3.63, 3.8) is 0 Å². The first kappa shape index (κ1) is 8.72. The normalized spacial score (nSPS) is 10.3. The van der Waals surface area contributed by atoms with Crippen LogP contribution in [0.5, 0.6) is 0 Å². The lowest BCUT2D eigenvalue weighted by Crippen LogP contribution is -1.80. The fraction of sp³-hybridized carbons (Fsp3) is 0.111. The second-order valence-electron chi connectivity index (χ2n) is 2.70. The molecule has 0 atom stereocenters. The summed E-state index contributed by atoms with van der Waals surface area (Å²) in [6.45, 7) is 2.06. The van der Waals surface area contributed by atoms with E-state index in [-0.39, 0.29) is 0 Å². The van der Waals surface area contributed by atoms with E-state index < -0.39 is 0 Å². The van der Waals surface area contributed by atoms with E-state index in [0.29, 0.717) is 4.34 Å². The topological polar surface area (TPSA) is 25.8 Å². The molecule has 2 rings (SSSR count). The third kappa shape index (κ3) is 1.73. The number of hydrogen-bond donors (Lipinski definition) is 1. The van der Waals surface area contributed by atoms with Crippen LogP contribution in [0, 0.1) is 6.92 Å². The third-order valence-corrected chi connectivity index (χ3v) is 2.91. The summed E-state index contributed by atoms with van der Waals surface area (Å²) in [4.78, 5) is 0. The molecule has 0 aliphatic carbocycles. The lowest BCUT2D eigenvalue weighted by atomic mass is 10.1. The molecule has 0 N–H and O–H groups in total. The lowest BCUT2D eigenvalue weighted by Gasteiger charge is -1.98. The largest absolute Gasteiger partial charge is 0.171 e. The fourth-order valence-electron chi connectivity index (χ4n) is 1.14. The Morgan fingerprint density at radius 3 is 2.62 bits per heavy atom. The summed E-state index contributed by atoms with van der Waals surface area (Å²) in [5, 5.41) is 8.84. The Balaban J connectivity index is 2.52. The molecule has 4 heteroatoms. The Bertz CT molecular complexity index is 423. The zero-order valence-corrected chi connectivity index (χ0v) is 8.77. The second-order valence-corrected chi connectivity index (χ2v) is 4.41. The lowest BCUT2D eigenvalue weighted by molar-refractivity contribution is 1.02. The summed E-state index contributed by atoms with van der Waals surface area (Å²) in [6.07, 6.45) is 0. The minimum atomic E-state index is 0.707. The van der Waals surface area contributed by atoms with Gasteiger partial charge in [-0.2, -0.15) is 0 Å². The predicted molar refractivity (Wildman–Crippen MR) is 57.3 cm³/mol. The maximum atomic E-state index is 4.13. The van der Waals surface area contributed by atoms with Gasteiger partial charge in [0.05, 0.1) is 0 Å². The first-order valence-corrected chi connectivity index (χ1v) is 5.12. The van der Waals surface area contributed by atoms with E-state index in [1.165, 1.54) is 16.9 Å². The molecule has 1 aromatic heterocycles. The van der Waals surface area contributed by atoms with Gasteiger partial charge in [0, 0.05) is 5.56 Å². The number of aryl methyl sites for hydroxylation is 1. The van der Waals surface area contributed by atoms with Crippen molar-refractivity contribution in [2.45, 2.75) is 11.3 Å². The Morgan fingerprint density at radius 2 is 2.00 bits per heavy atom. The molecule has 66 valence electrons. The highest BCUT2D eigenvalue weighted by Gasteiger charge is 2.05. The van der Waals surface area contributed by atoms with Crippen molar-refractivity contribution in [3.05, 3.63) is 29.8 Å². The standard InChI is InChI=1S/C9H8N2S2/c1-6-4-2-3-5-7(6)8-10-11-9(12)13-8/h2-5H,1H3,(H,11,12). The van der Waals surface area contributed by atoms with Crippen LogP contribution in [-0.2, 0) is 0 Å². The van der Waals surface area contributed by atoms with Crippen LogP contribution in [0.15, 0.2) is 28.6 Å². The van der Waals surface area contributed by atoms with Gasteiger partial charge in [0.1, 0.15) is 5.01 Å². The van der Waals surface area contributed by atoms with Crippen molar-refractivity contribution in [1.29, 1.82) is 0 Å². The molecule has 0 saturated heterocycles. The van der Waals surface area contributed by atoms with Crippen molar-refractivity contribution in [2.75, 3.05) is 0 Å². The van der Waals surface area contributed by atoms with Crippen LogP contribution in [-0.4, -0.2) is 10.2 Å². The quantitative estimate of drug-likeness (QED) is 0.729. The predicted octanol–water partition coefficient (Wildman–Crippen LogP) is 2.80. The minimum Gasteiger partial charge on any atom is -0.137 e. The van der Waals surface area contributed by atoms with Crippen LogP contribution in [0.3, 0.4) is 0 Å². The number of nitrogens with zero attached hydrogens (tertiary/aromatic N) is 2. The Hall–Kier alpha value is -0.870. The fourth-order valence-corrected chi connectivity index (χ4v) is 2.12. The van der Waals surface area contributed by atoms with Crippen molar-refractivity contribution < 1.29 is 0 Å². The molecule has 0 fully saturated rings. The highest BCUT2D eigenvalue weighted by Crippen LogP contribution is 2.27. The van der Waals surface area contributed by atoms with Gasteiger partial charge in [0.15, 0.2) is 4.34 Å². The van der Waals surface area contributed by atoms with Crippen molar-refractivity contribution in [3.8, 4) is 10.6 Å². The van der Waals surface area contributed by atoms with Crippen molar-refractivity contribution >= 4 is 24.0 Å². The Morgan fingerprint density at radius 1 is 1.23 bits per heavy atom. The minimum absolute atomic E-state index is 0.707. The SMILES string of the molecule is Cc1ccccc1-c1nnc(S)s1. The average Bonchev–Trinajstić information content (AvgIpc) is 2.53. The molecular weight excluding hydrogens is 200 g/mol. The van der Waals surface area contributed by atoms with Gasteiger partial charge in [0.2, 0.25) is 0 Å². The molecule has 0 amide bonds. The average molecular weight is 208 g/mol. The number of aromatic nitrogens is 2. The van der Waals surface area contributed by atoms with Crippen molar-refractivity contribution in [1.82, 2.24) is 10.2 Å². The van der Waals surface area contributed by atoms with E-state index in [9.17, 15) is 0 Å². The Kier molecular flexibility index (Phi) is 2.33. The summed E-state index contributed by atoms with van der Waals surface area (Å²) in [6, 6.07) is 8.13. The first-order chi connectivity index (χ1) is 6.27. The van der Waals surface area contributed by atoms with Crippen molar-refractivity contribution in [2.24, 2.45) is 0 Å². The van der Waals surface area contributed by atoms with Crippen LogP contribution in [0.1, 0.15) is 5.56 Å². The molecule has 0 aliphatic heterocycles. The molecule has 2 nitrogen and oxygen atoms in total. The molecule has 0 aliphatic rings. The molecule has 2 aromatic rings. The first-order valence-electron chi connectivity index (χ1n) is 3.86. The van der Waals surface area contributed by atoms with Crippen LogP contribution in [0.4, 0.5) is 0 Å². The highest BCUT2D eigenvalue weighted by atomic mass is 32.2. The molecular formula is C9H8N2S2. The Labute approximate surface area is 86.1 Å². The molecule has 0 saturated carbocycles. The van der Waals surface area contributed by atoms with Gasteiger partial charge in [-0.3, -0.25) is 0 Å². The summed E-state index contributed by atoms with van der Waals surface area (Å²) >= 11 is 5.63. The zero-order chi connectivity index (χ0) is 9.26. The van der Waals surface area contributed by atoms with E-state index in [0.717, 1.165) is 10.6 Å². The number of benzene rings is 1. The van der Waals surface area contributed by atoms with Crippen LogP contribution in [0.2, 0.25) is 0 Å². The smallest absolute Gasteiger partial charge is 0.137 e. The van der Waals surface area contributed by atoms with Crippen LogP contribution < -0.4 is 0 Å². The second kappa shape index (κ2) is 3.47. The highest BCUT2D eigenvalue weighted by molar-refractivity contribution is 7.82. The van der Waals surface area contributed by atoms with Gasteiger partial charge < -0.3 is 0 Å². The molecule has 0 radical (unpaired) electrons. The summed E-state index contributed by atoms with van der Waals surface area (Å²) in [7, 11) is 0. The molecule has 0 bridgehead atoms. The summed E-state index contributed by atoms with van der Waals surface area (Å²) in [5.74, 6) is 0. The molecule has 13 heavy (non-hydrogen) atoms. The molecule has 1 heterocycles. The number of rotatable bonds is 1. The van der Waals surface area contributed by atoms with Gasteiger partial charge in [-0.1, -0.05) is 35.6 Å². The van der Waals surface area contributed by atoms with E-state index in [2.05, 4.69) is 35.8 Å². The number of thiol groups is 1. The monoisotopic (exact) mass is 208 g/mol. The summed E-state index contributed by atoms with van der Waals surface area (Å²) < 4.78 is 0.707. The maximum Gasteiger partial charge on any atom is 0.171 e. The van der Waals surface area contributed by atoms with Gasteiger partial charge in [0.25, 0.3) is 0 Å². The van der Waals surface area contributed by atoms with Gasteiger partial charge in [-0.15, -0.1) is 22.8 Å². The van der Waals surface area contributed by atoms with Gasteiger partial charge in [-0.05, 0) is 12.5 Å². The third-order valence-electron chi connectivity index (χ3n) is 1.79. The van der Waals surface area contributed by atoms with E-state index >= 15 is 0 Å². The van der Waals surface area contributed by atoms with Crippen LogP contribution in [0.25, 0.3) is 10.6 Å². The van der Waals surface area contributed by atoms with E-state index in [1.54, 1.807) is 0 Å². The maximum absolute atomic E-state index is 4.13. The van der Waals surface area contributed by atoms with Crippen LogP contribution >= 0.6 is 24.0 Å². The van der Waals surface area contributed by atoms with Gasteiger partial charge >= 0.3 is 0 Å². The van der Waals surface area contributed by atoms with E-state index in [1.807, 2.05) is 18.2 Å². The summed E-state index contributed by atoms with van der Waals surface area (Å²) in [5.41, 5.74) is 2.35. The molecule has 0 spiro atoms. The zero-order valence-electron chi connectivity index (χ0n) is 7.06. The number of hydrogen-bond acceptors (Lipinski definition) is 4. The van der Waals surface area contributed by atoms with E-state index in [4.69, 9.17) is 0 Å². The molecule has 0 unspecified atom stereocenters. The molecule has 1 aromatic carbocycles. The van der Waals surface area contributed by atoms with Gasteiger partial charge in [-0.25, -0.2) is 0 Å².